The number of ether oxygens (including phenoxy) is 1. The molecule has 0 bridgehead atoms. The lowest BCUT2D eigenvalue weighted by atomic mass is 9.86. The Bertz CT molecular complexity index is 896. The lowest BCUT2D eigenvalue weighted by Gasteiger charge is -2.38. The molecule has 0 radical (unpaired) electrons. The summed E-state index contributed by atoms with van der Waals surface area (Å²) >= 11 is 1.32. The molecule has 32 heavy (non-hydrogen) atoms. The van der Waals surface area contributed by atoms with Gasteiger partial charge in [-0.25, -0.2) is 4.79 Å². The van der Waals surface area contributed by atoms with Gasteiger partial charge in [0.2, 0.25) is 0 Å². The molecule has 2 fully saturated rings. The number of esters is 1. The Balaban J connectivity index is 2.08. The molecule has 1 heterocycles. The zero-order valence-corrected chi connectivity index (χ0v) is 20.8. The molecule has 2 aliphatic carbocycles. The normalized spacial score (nSPS) is 23.8. The zero-order chi connectivity index (χ0) is 23.5. The summed E-state index contributed by atoms with van der Waals surface area (Å²) in [5.41, 5.74) is 1.57. The van der Waals surface area contributed by atoms with Crippen LogP contribution in [-0.2, 0) is 4.74 Å². The van der Waals surface area contributed by atoms with Gasteiger partial charge in [-0.3, -0.25) is 0 Å². The van der Waals surface area contributed by atoms with Crippen molar-refractivity contribution in [2.45, 2.75) is 91.2 Å². The SMILES string of the molecule is COC(=O)c1sc(C#CC(C)(C)C)cc1N(C(O)=C1CCC(C)CC1)[C@H]1CC[C@H](O)CC1. The van der Waals surface area contributed by atoms with E-state index in [-0.39, 0.29) is 23.4 Å². The van der Waals surface area contributed by atoms with Crippen LogP contribution >= 0.6 is 11.3 Å². The number of anilines is 1. The van der Waals surface area contributed by atoms with Gasteiger partial charge in [0.05, 0.1) is 23.8 Å². The third kappa shape index (κ3) is 6.08. The van der Waals surface area contributed by atoms with Crippen molar-refractivity contribution in [1.82, 2.24) is 0 Å². The first-order valence-corrected chi connectivity index (χ1v) is 12.5. The molecule has 2 N–H and O–H groups in total. The van der Waals surface area contributed by atoms with Crippen molar-refractivity contribution in [1.29, 1.82) is 0 Å². The molecule has 176 valence electrons. The van der Waals surface area contributed by atoms with Gasteiger partial charge < -0.3 is 19.8 Å². The molecule has 0 saturated heterocycles. The molecular formula is C26H37NO4S. The Morgan fingerprint density at radius 1 is 1.16 bits per heavy atom. The number of allylic oxidation sites excluding steroid dienone is 1. The van der Waals surface area contributed by atoms with E-state index in [1.165, 1.54) is 18.4 Å². The number of carbonyl (C=O) groups excluding carboxylic acids is 1. The highest BCUT2D eigenvalue weighted by molar-refractivity contribution is 7.15. The Labute approximate surface area is 196 Å². The molecule has 3 rings (SSSR count). The van der Waals surface area contributed by atoms with E-state index in [2.05, 4.69) is 39.5 Å². The second kappa shape index (κ2) is 10.3. The van der Waals surface area contributed by atoms with Gasteiger partial charge in [-0.1, -0.05) is 18.8 Å². The van der Waals surface area contributed by atoms with E-state index in [4.69, 9.17) is 4.74 Å². The molecule has 2 saturated carbocycles. The molecule has 1 aromatic heterocycles. The Kier molecular flexibility index (Phi) is 7.95. The van der Waals surface area contributed by atoms with E-state index in [0.29, 0.717) is 29.3 Å². The maximum absolute atomic E-state index is 12.7. The van der Waals surface area contributed by atoms with Crippen molar-refractivity contribution in [2.24, 2.45) is 11.3 Å². The van der Waals surface area contributed by atoms with Gasteiger partial charge in [0.15, 0.2) is 5.88 Å². The smallest absolute Gasteiger partial charge is 0.350 e. The fraction of sp³-hybridized carbons (Fsp3) is 0.654. The quantitative estimate of drug-likeness (QED) is 0.327. The van der Waals surface area contributed by atoms with Gasteiger partial charge in [-0.2, -0.15) is 0 Å². The third-order valence-electron chi connectivity index (χ3n) is 6.36. The van der Waals surface area contributed by atoms with Gasteiger partial charge in [0.25, 0.3) is 0 Å². The number of methoxy groups -OCH3 is 1. The van der Waals surface area contributed by atoms with Crippen molar-refractivity contribution in [3.8, 4) is 11.8 Å². The van der Waals surface area contributed by atoms with Crippen LogP contribution in [0.25, 0.3) is 0 Å². The van der Waals surface area contributed by atoms with Crippen molar-refractivity contribution < 1.29 is 19.7 Å². The summed E-state index contributed by atoms with van der Waals surface area (Å²) in [5.74, 6) is 6.97. The number of thiophene rings is 1. The maximum atomic E-state index is 12.7. The fourth-order valence-corrected chi connectivity index (χ4v) is 5.34. The predicted molar refractivity (Wildman–Crippen MR) is 130 cm³/mol. The number of aliphatic hydroxyl groups excluding tert-OH is 2. The summed E-state index contributed by atoms with van der Waals surface area (Å²) in [7, 11) is 1.38. The summed E-state index contributed by atoms with van der Waals surface area (Å²) < 4.78 is 5.09. The topological polar surface area (TPSA) is 70.0 Å². The molecule has 0 aliphatic heterocycles. The van der Waals surface area contributed by atoms with Crippen LogP contribution in [0.1, 0.15) is 93.6 Å². The van der Waals surface area contributed by atoms with Crippen LogP contribution in [0.15, 0.2) is 17.5 Å². The van der Waals surface area contributed by atoms with Gasteiger partial charge in [-0.05, 0) is 89.7 Å². The first-order valence-electron chi connectivity index (χ1n) is 11.7. The van der Waals surface area contributed by atoms with E-state index in [1.54, 1.807) is 0 Å². The van der Waals surface area contributed by atoms with E-state index in [9.17, 15) is 15.0 Å². The summed E-state index contributed by atoms with van der Waals surface area (Å²) in [4.78, 5) is 15.9. The monoisotopic (exact) mass is 459 g/mol. The van der Waals surface area contributed by atoms with Crippen LogP contribution in [0, 0.1) is 23.2 Å². The minimum absolute atomic E-state index is 0.0201. The van der Waals surface area contributed by atoms with Gasteiger partial charge >= 0.3 is 5.97 Å². The molecule has 0 amide bonds. The largest absolute Gasteiger partial charge is 0.494 e. The highest BCUT2D eigenvalue weighted by Gasteiger charge is 2.33. The average Bonchev–Trinajstić information content (AvgIpc) is 3.17. The lowest BCUT2D eigenvalue weighted by Crippen LogP contribution is -2.40. The van der Waals surface area contributed by atoms with Crippen molar-refractivity contribution in [2.75, 3.05) is 12.0 Å². The molecule has 5 nitrogen and oxygen atoms in total. The van der Waals surface area contributed by atoms with Gasteiger partial charge in [0, 0.05) is 11.5 Å². The van der Waals surface area contributed by atoms with E-state index >= 15 is 0 Å². The summed E-state index contributed by atoms with van der Waals surface area (Å²) in [6.45, 7) is 8.41. The molecule has 0 unspecified atom stereocenters. The second-order valence-corrected chi connectivity index (χ2v) is 11.3. The van der Waals surface area contributed by atoms with Crippen LogP contribution in [0.3, 0.4) is 0 Å². The third-order valence-corrected chi connectivity index (χ3v) is 7.38. The molecule has 0 atom stereocenters. The van der Waals surface area contributed by atoms with Gasteiger partial charge in [-0.15, -0.1) is 11.3 Å². The van der Waals surface area contributed by atoms with Crippen LogP contribution < -0.4 is 4.90 Å². The fourth-order valence-electron chi connectivity index (χ4n) is 4.41. The van der Waals surface area contributed by atoms with Crippen molar-refractivity contribution in [3.05, 3.63) is 27.3 Å². The minimum Gasteiger partial charge on any atom is -0.494 e. The number of hydrogen-bond acceptors (Lipinski definition) is 6. The number of hydrogen-bond donors (Lipinski definition) is 2. The number of aliphatic hydroxyl groups is 2. The average molecular weight is 460 g/mol. The van der Waals surface area contributed by atoms with Crippen LogP contribution in [0.4, 0.5) is 5.69 Å². The van der Waals surface area contributed by atoms with Crippen molar-refractivity contribution in [3.63, 3.8) is 0 Å². The first kappa shape index (κ1) is 24.7. The lowest BCUT2D eigenvalue weighted by molar-refractivity contribution is 0.0606. The highest BCUT2D eigenvalue weighted by atomic mass is 32.1. The first-order chi connectivity index (χ1) is 15.1. The molecule has 0 aromatic carbocycles. The maximum Gasteiger partial charge on any atom is 0.350 e. The highest BCUT2D eigenvalue weighted by Crippen LogP contribution is 2.40. The summed E-state index contributed by atoms with van der Waals surface area (Å²) in [6, 6.07) is 1.94. The van der Waals surface area contributed by atoms with E-state index in [1.807, 2.05) is 11.0 Å². The molecule has 1 aromatic rings. The zero-order valence-electron chi connectivity index (χ0n) is 20.0. The number of rotatable bonds is 4. The minimum atomic E-state index is -0.412. The Morgan fingerprint density at radius 3 is 2.34 bits per heavy atom. The standard InChI is InChI=1S/C26H37NO4S/c1-17-6-8-18(9-7-17)24(29)27(19-10-12-20(28)13-11-19)22-16-21(14-15-26(2,3)4)32-23(22)25(30)31-5/h16-17,19-20,28-29H,6-13H2,1-5H3/t17?,19-,20-. The number of nitrogens with zero attached hydrogens (tertiary/aromatic N) is 1. The van der Waals surface area contributed by atoms with Crippen LogP contribution in [0.5, 0.6) is 0 Å². The molecule has 2 aliphatic rings. The Hall–Kier alpha value is -1.97. The van der Waals surface area contributed by atoms with Crippen molar-refractivity contribution >= 4 is 23.0 Å². The molecule has 6 heteroatoms. The number of carbonyl (C=O) groups is 1. The molecule has 0 spiro atoms. The molecular weight excluding hydrogens is 422 g/mol. The summed E-state index contributed by atoms with van der Waals surface area (Å²) in [5, 5.41) is 21.5. The van der Waals surface area contributed by atoms with Crippen LogP contribution in [0.2, 0.25) is 0 Å². The predicted octanol–water partition coefficient (Wildman–Crippen LogP) is 6.02. The van der Waals surface area contributed by atoms with E-state index < -0.39 is 5.97 Å². The Morgan fingerprint density at radius 2 is 1.78 bits per heavy atom. The van der Waals surface area contributed by atoms with Crippen LogP contribution in [-0.4, -0.2) is 35.4 Å². The second-order valence-electron chi connectivity index (χ2n) is 10.3. The van der Waals surface area contributed by atoms with E-state index in [0.717, 1.165) is 49.0 Å². The summed E-state index contributed by atoms with van der Waals surface area (Å²) in [6.07, 6.45) is 6.46. The van der Waals surface area contributed by atoms with Gasteiger partial charge in [0.1, 0.15) is 4.88 Å².